The highest BCUT2D eigenvalue weighted by molar-refractivity contribution is 5.98. The Morgan fingerprint density at radius 3 is 2.66 bits per heavy atom. The highest BCUT2D eigenvalue weighted by Crippen LogP contribution is 2.23. The van der Waals surface area contributed by atoms with E-state index in [9.17, 15) is 4.79 Å². The number of carbonyl (C=O) groups is 1. The van der Waals surface area contributed by atoms with E-state index in [-0.39, 0.29) is 12.2 Å². The Hall–Kier alpha value is -4.24. The van der Waals surface area contributed by atoms with Gasteiger partial charge in [-0.2, -0.15) is 0 Å². The first-order valence-electron chi connectivity index (χ1n) is 11.6. The molecule has 6 rings (SSSR count). The van der Waals surface area contributed by atoms with Crippen molar-refractivity contribution in [1.82, 2.24) is 34.8 Å². The van der Waals surface area contributed by atoms with E-state index in [4.69, 9.17) is 0 Å². The number of aromatic amines is 1. The number of nitrogens with one attached hydrogen (secondary N) is 1. The van der Waals surface area contributed by atoms with Crippen molar-refractivity contribution in [3.05, 3.63) is 72.6 Å². The normalized spacial score (nSPS) is 14.6. The van der Waals surface area contributed by atoms with Crippen molar-refractivity contribution < 1.29 is 4.79 Å². The summed E-state index contributed by atoms with van der Waals surface area (Å²) in [4.78, 5) is 43.2. The van der Waals surface area contributed by atoms with Gasteiger partial charge >= 0.3 is 0 Å². The second-order valence-electron chi connectivity index (χ2n) is 8.85. The van der Waals surface area contributed by atoms with Crippen LogP contribution in [0.25, 0.3) is 33.3 Å². The monoisotopic (exact) mass is 464 g/mol. The van der Waals surface area contributed by atoms with Gasteiger partial charge in [-0.1, -0.05) is 0 Å². The average Bonchev–Trinajstić information content (AvgIpc) is 3.37. The molecule has 1 aliphatic rings. The van der Waals surface area contributed by atoms with E-state index in [1.165, 1.54) is 0 Å². The molecule has 174 valence electrons. The van der Waals surface area contributed by atoms with E-state index in [2.05, 4.69) is 46.8 Å². The SMILES string of the molecule is CN1CCN(c2cc(C(=O)Cc3cc4cc(-c5cnc6[nH]ccc6n5)ncc4cn3)ccn2)CC1. The number of likely N-dealkylation sites (N-methyl/N-ethyl adjacent to an activating group) is 1. The van der Waals surface area contributed by atoms with Gasteiger partial charge in [-0.3, -0.25) is 14.8 Å². The number of H-pyrrole nitrogens is 1. The minimum atomic E-state index is 0.0210. The van der Waals surface area contributed by atoms with E-state index in [0.29, 0.717) is 17.0 Å². The minimum absolute atomic E-state index is 0.0210. The van der Waals surface area contributed by atoms with Crippen molar-refractivity contribution in [2.45, 2.75) is 6.42 Å². The Labute approximate surface area is 201 Å². The second-order valence-corrected chi connectivity index (χ2v) is 8.85. The molecule has 1 saturated heterocycles. The maximum Gasteiger partial charge on any atom is 0.169 e. The van der Waals surface area contributed by atoms with E-state index >= 15 is 0 Å². The average molecular weight is 465 g/mol. The second kappa shape index (κ2) is 8.84. The van der Waals surface area contributed by atoms with Crippen LogP contribution in [0.5, 0.6) is 0 Å². The van der Waals surface area contributed by atoms with Crippen molar-refractivity contribution in [3.8, 4) is 11.4 Å². The highest BCUT2D eigenvalue weighted by Gasteiger charge is 2.17. The van der Waals surface area contributed by atoms with E-state index in [1.807, 2.05) is 30.5 Å². The third-order valence-corrected chi connectivity index (χ3v) is 6.42. The molecule has 0 aliphatic carbocycles. The minimum Gasteiger partial charge on any atom is -0.354 e. The number of fused-ring (bicyclic) bond motifs is 2. The van der Waals surface area contributed by atoms with Crippen LogP contribution in [0.1, 0.15) is 16.1 Å². The van der Waals surface area contributed by atoms with Crippen molar-refractivity contribution in [3.63, 3.8) is 0 Å². The van der Waals surface area contributed by atoms with Crippen LogP contribution in [0.3, 0.4) is 0 Å². The first-order valence-corrected chi connectivity index (χ1v) is 11.6. The van der Waals surface area contributed by atoms with Crippen LogP contribution in [0.2, 0.25) is 0 Å². The summed E-state index contributed by atoms with van der Waals surface area (Å²) in [5.41, 5.74) is 4.32. The van der Waals surface area contributed by atoms with Crippen LogP contribution in [-0.2, 0) is 6.42 Å². The fourth-order valence-corrected chi connectivity index (χ4v) is 4.34. The van der Waals surface area contributed by atoms with Crippen molar-refractivity contribution >= 4 is 33.5 Å². The zero-order valence-corrected chi connectivity index (χ0v) is 19.3. The molecular formula is C26H24N8O. The molecule has 0 unspecified atom stereocenters. The first kappa shape index (κ1) is 21.3. The number of rotatable bonds is 5. The van der Waals surface area contributed by atoms with Gasteiger partial charge < -0.3 is 14.8 Å². The molecule has 6 heterocycles. The van der Waals surface area contributed by atoms with E-state index in [0.717, 1.165) is 59.6 Å². The summed E-state index contributed by atoms with van der Waals surface area (Å²) in [5, 5.41) is 1.86. The molecule has 5 aromatic heterocycles. The molecule has 5 aromatic rings. The standard InChI is InChI=1S/C26H24N8O/c1-33-6-8-34(9-7-33)25-12-17(2-4-27-25)24(35)13-20-10-18-11-22(30-15-19(18)14-29-20)23-16-31-26-21(32-23)3-5-28-26/h2-5,10-12,14-16H,6-9,13H2,1H3,(H,28,31). The van der Waals surface area contributed by atoms with Gasteiger partial charge in [0.1, 0.15) is 17.0 Å². The van der Waals surface area contributed by atoms with Gasteiger partial charge in [0.05, 0.1) is 18.3 Å². The van der Waals surface area contributed by atoms with Crippen molar-refractivity contribution in [2.24, 2.45) is 0 Å². The molecule has 9 heteroatoms. The number of nitrogens with zero attached hydrogens (tertiary/aromatic N) is 7. The van der Waals surface area contributed by atoms with Crippen LogP contribution >= 0.6 is 0 Å². The van der Waals surface area contributed by atoms with Gasteiger partial charge in [0, 0.05) is 67.6 Å². The molecule has 0 aromatic carbocycles. The third-order valence-electron chi connectivity index (χ3n) is 6.42. The number of hydrogen-bond donors (Lipinski definition) is 1. The molecule has 0 radical (unpaired) electrons. The third kappa shape index (κ3) is 4.33. The molecule has 1 N–H and O–H groups in total. The molecule has 0 spiro atoms. The fourth-order valence-electron chi connectivity index (χ4n) is 4.34. The van der Waals surface area contributed by atoms with Gasteiger partial charge in [0.2, 0.25) is 0 Å². The summed E-state index contributed by atoms with van der Waals surface area (Å²) in [7, 11) is 2.12. The van der Waals surface area contributed by atoms with Crippen LogP contribution in [0.15, 0.2) is 61.3 Å². The maximum atomic E-state index is 13.1. The number of anilines is 1. The van der Waals surface area contributed by atoms with Gasteiger partial charge in [-0.25, -0.2) is 15.0 Å². The van der Waals surface area contributed by atoms with Crippen molar-refractivity contribution in [1.29, 1.82) is 0 Å². The van der Waals surface area contributed by atoms with Gasteiger partial charge in [0.25, 0.3) is 0 Å². The van der Waals surface area contributed by atoms with Gasteiger partial charge in [0.15, 0.2) is 11.4 Å². The number of hydrogen-bond acceptors (Lipinski definition) is 8. The molecule has 9 nitrogen and oxygen atoms in total. The number of Topliss-reactive ketones (excluding diaryl/α,β-unsaturated/α-hetero) is 1. The highest BCUT2D eigenvalue weighted by atomic mass is 16.1. The summed E-state index contributed by atoms with van der Waals surface area (Å²) in [5.74, 6) is 0.874. The first-order chi connectivity index (χ1) is 17.1. The zero-order chi connectivity index (χ0) is 23.8. The lowest BCUT2D eigenvalue weighted by Gasteiger charge is -2.33. The summed E-state index contributed by atoms with van der Waals surface area (Å²) >= 11 is 0. The van der Waals surface area contributed by atoms with E-state index < -0.39 is 0 Å². The molecule has 0 saturated carbocycles. The molecule has 0 atom stereocenters. The maximum absolute atomic E-state index is 13.1. The summed E-state index contributed by atoms with van der Waals surface area (Å²) < 4.78 is 0. The predicted molar refractivity (Wildman–Crippen MR) is 134 cm³/mol. The zero-order valence-electron chi connectivity index (χ0n) is 19.3. The lowest BCUT2D eigenvalue weighted by molar-refractivity contribution is 0.0992. The van der Waals surface area contributed by atoms with Crippen LogP contribution in [0.4, 0.5) is 5.82 Å². The quantitative estimate of drug-likeness (QED) is 0.396. The number of aromatic nitrogens is 6. The number of pyridine rings is 3. The topological polar surface area (TPSA) is 104 Å². The van der Waals surface area contributed by atoms with Gasteiger partial charge in [-0.05, 0) is 42.8 Å². The van der Waals surface area contributed by atoms with Crippen LogP contribution < -0.4 is 4.90 Å². The molecule has 1 aliphatic heterocycles. The Balaban J connectivity index is 1.24. The number of ketones is 1. The molecular weight excluding hydrogens is 440 g/mol. The smallest absolute Gasteiger partial charge is 0.169 e. The Morgan fingerprint density at radius 1 is 0.914 bits per heavy atom. The molecule has 0 bridgehead atoms. The summed E-state index contributed by atoms with van der Waals surface area (Å²) in [6.45, 7) is 3.79. The van der Waals surface area contributed by atoms with Crippen LogP contribution in [0, 0.1) is 0 Å². The van der Waals surface area contributed by atoms with Gasteiger partial charge in [-0.15, -0.1) is 0 Å². The number of piperazine rings is 1. The Bertz CT molecular complexity index is 1540. The largest absolute Gasteiger partial charge is 0.354 e. The number of carbonyl (C=O) groups excluding carboxylic acids is 1. The fraction of sp³-hybridized carbons (Fsp3) is 0.231. The summed E-state index contributed by atoms with van der Waals surface area (Å²) in [6.07, 6.45) is 8.99. The van der Waals surface area contributed by atoms with E-state index in [1.54, 1.807) is 30.9 Å². The summed E-state index contributed by atoms with van der Waals surface area (Å²) in [6, 6.07) is 9.47. The Morgan fingerprint density at radius 2 is 1.77 bits per heavy atom. The predicted octanol–water partition coefficient (Wildman–Crippen LogP) is 3.14. The van der Waals surface area contributed by atoms with Crippen LogP contribution in [-0.4, -0.2) is 73.8 Å². The molecule has 0 amide bonds. The lowest BCUT2D eigenvalue weighted by Crippen LogP contribution is -2.44. The van der Waals surface area contributed by atoms with Crippen molar-refractivity contribution in [2.75, 3.05) is 38.1 Å². The Kier molecular flexibility index (Phi) is 5.38. The molecule has 1 fully saturated rings. The molecule has 35 heavy (non-hydrogen) atoms. The lowest BCUT2D eigenvalue weighted by atomic mass is 10.1.